The van der Waals surface area contributed by atoms with Gasteiger partial charge in [0.05, 0.1) is 0 Å². The van der Waals surface area contributed by atoms with Gasteiger partial charge in [0.25, 0.3) is 0 Å². The predicted octanol–water partition coefficient (Wildman–Crippen LogP) is 2.34. The molecule has 1 aromatic carbocycles. The molecule has 0 radical (unpaired) electrons. The lowest BCUT2D eigenvalue weighted by Gasteiger charge is -2.26. The Hall–Kier alpha value is -1.75. The van der Waals surface area contributed by atoms with Crippen molar-refractivity contribution in [2.45, 2.75) is 19.3 Å². The van der Waals surface area contributed by atoms with Crippen LogP contribution in [0.4, 0.5) is 4.79 Å². The first-order valence-electron chi connectivity index (χ1n) is 6.62. The van der Waals surface area contributed by atoms with Crippen molar-refractivity contribution in [3.05, 3.63) is 41.9 Å². The number of likely N-dealkylation sites (tertiary alicyclic amines) is 1. The predicted molar refractivity (Wildman–Crippen MR) is 75.4 cm³/mol. The lowest BCUT2D eigenvalue weighted by atomic mass is 9.89. The summed E-state index contributed by atoms with van der Waals surface area (Å²) in [7, 11) is -1.20. The van der Waals surface area contributed by atoms with Crippen LogP contribution in [0.15, 0.2) is 36.3 Å². The molecule has 100 valence electrons. The molecule has 0 aliphatic carbocycles. The number of piperidine rings is 1. The average molecular weight is 259 g/mol. The zero-order valence-corrected chi connectivity index (χ0v) is 10.9. The molecule has 2 rings (SSSR count). The summed E-state index contributed by atoms with van der Waals surface area (Å²) in [4.78, 5) is 13.4. The zero-order valence-electron chi connectivity index (χ0n) is 10.9. The van der Waals surface area contributed by atoms with Crippen molar-refractivity contribution in [3.8, 4) is 0 Å². The van der Waals surface area contributed by atoms with Crippen LogP contribution >= 0.6 is 0 Å². The maximum absolute atomic E-state index is 11.7. The van der Waals surface area contributed by atoms with Crippen LogP contribution in [-0.4, -0.2) is 36.2 Å². The van der Waals surface area contributed by atoms with E-state index in [0.29, 0.717) is 13.1 Å². The molecule has 0 atom stereocenters. The molecule has 1 amide bonds. The van der Waals surface area contributed by atoms with E-state index in [0.717, 1.165) is 24.8 Å². The SMILES string of the molecule is O=C(OB(O)C=Cc1ccccc1)N1CCCCC1. The zero-order chi connectivity index (χ0) is 13.5. The first-order chi connectivity index (χ1) is 9.25. The molecule has 5 heteroatoms. The van der Waals surface area contributed by atoms with Gasteiger partial charge in [-0.1, -0.05) is 36.4 Å². The Morgan fingerprint density at radius 3 is 2.58 bits per heavy atom. The van der Waals surface area contributed by atoms with E-state index in [-0.39, 0.29) is 0 Å². The molecule has 4 nitrogen and oxygen atoms in total. The minimum absolute atomic E-state index is 0.440. The van der Waals surface area contributed by atoms with Crippen molar-refractivity contribution in [2.24, 2.45) is 0 Å². The van der Waals surface area contributed by atoms with Gasteiger partial charge in [0.2, 0.25) is 0 Å². The van der Waals surface area contributed by atoms with E-state index >= 15 is 0 Å². The van der Waals surface area contributed by atoms with Gasteiger partial charge >= 0.3 is 13.2 Å². The number of hydrogen-bond donors (Lipinski definition) is 1. The van der Waals surface area contributed by atoms with Crippen LogP contribution in [0, 0.1) is 0 Å². The fourth-order valence-corrected chi connectivity index (χ4v) is 2.05. The van der Waals surface area contributed by atoms with Crippen LogP contribution in [-0.2, 0) is 4.65 Å². The van der Waals surface area contributed by atoms with Gasteiger partial charge in [0, 0.05) is 13.1 Å². The lowest BCUT2D eigenvalue weighted by molar-refractivity contribution is 0.136. The van der Waals surface area contributed by atoms with Gasteiger partial charge in [-0.05, 0) is 30.8 Å². The van der Waals surface area contributed by atoms with E-state index < -0.39 is 13.2 Å². The van der Waals surface area contributed by atoms with Gasteiger partial charge in [0.15, 0.2) is 0 Å². The van der Waals surface area contributed by atoms with Crippen LogP contribution < -0.4 is 0 Å². The van der Waals surface area contributed by atoms with E-state index in [1.54, 1.807) is 11.0 Å². The number of nitrogens with zero attached hydrogens (tertiary/aromatic N) is 1. The summed E-state index contributed by atoms with van der Waals surface area (Å²) in [5, 5.41) is 9.66. The molecular formula is C14H18BNO3. The van der Waals surface area contributed by atoms with Gasteiger partial charge in [-0.15, -0.1) is 0 Å². The fraction of sp³-hybridized carbons (Fsp3) is 0.357. The molecule has 0 bridgehead atoms. The van der Waals surface area contributed by atoms with Crippen LogP contribution in [0.25, 0.3) is 6.08 Å². The van der Waals surface area contributed by atoms with Gasteiger partial charge in [0.1, 0.15) is 0 Å². The van der Waals surface area contributed by atoms with E-state index in [9.17, 15) is 9.82 Å². The number of rotatable bonds is 3. The molecule has 0 aromatic heterocycles. The first kappa shape index (κ1) is 13.7. The first-order valence-corrected chi connectivity index (χ1v) is 6.62. The van der Waals surface area contributed by atoms with Crippen molar-refractivity contribution < 1.29 is 14.5 Å². The molecular weight excluding hydrogens is 241 g/mol. The molecule has 1 aromatic rings. The molecule has 1 saturated heterocycles. The number of carbonyl (C=O) groups is 1. The van der Waals surface area contributed by atoms with Gasteiger partial charge in [-0.2, -0.15) is 0 Å². The summed E-state index contributed by atoms with van der Waals surface area (Å²) in [6.07, 6.45) is 4.45. The van der Waals surface area contributed by atoms with Crippen molar-refractivity contribution >= 4 is 19.3 Å². The van der Waals surface area contributed by atoms with E-state index in [1.807, 2.05) is 30.3 Å². The smallest absolute Gasteiger partial charge is 0.489 e. The monoisotopic (exact) mass is 259 g/mol. The van der Waals surface area contributed by atoms with Gasteiger partial charge in [-0.3, -0.25) is 0 Å². The Labute approximate surface area is 113 Å². The van der Waals surface area contributed by atoms with E-state index in [1.165, 1.54) is 5.98 Å². The molecule has 1 aliphatic rings. The maximum atomic E-state index is 11.7. The highest BCUT2D eigenvalue weighted by atomic mass is 16.6. The summed E-state index contributed by atoms with van der Waals surface area (Å²) in [5.41, 5.74) is 0.954. The van der Waals surface area contributed by atoms with Crippen molar-refractivity contribution in [2.75, 3.05) is 13.1 Å². The maximum Gasteiger partial charge on any atom is 0.555 e. The molecule has 1 fully saturated rings. The fourth-order valence-electron chi connectivity index (χ4n) is 2.05. The van der Waals surface area contributed by atoms with Crippen LogP contribution in [0.1, 0.15) is 24.8 Å². The third-order valence-electron chi connectivity index (χ3n) is 3.09. The Kier molecular flexibility index (Phi) is 5.04. The highest BCUT2D eigenvalue weighted by Crippen LogP contribution is 2.10. The minimum atomic E-state index is -1.20. The Balaban J connectivity index is 1.82. The summed E-state index contributed by atoms with van der Waals surface area (Å²) in [5.74, 6) is 1.47. The van der Waals surface area contributed by atoms with Crippen molar-refractivity contribution in [1.82, 2.24) is 4.90 Å². The standard InChI is InChI=1S/C14H18BNO3/c17-14(16-11-5-2-6-12-16)19-15(18)10-9-13-7-3-1-4-8-13/h1,3-4,7-10,18H,2,5-6,11-12H2. The minimum Gasteiger partial charge on any atom is -0.489 e. The largest absolute Gasteiger partial charge is 0.555 e. The Morgan fingerprint density at radius 1 is 1.21 bits per heavy atom. The second-order valence-electron chi connectivity index (χ2n) is 4.59. The molecule has 19 heavy (non-hydrogen) atoms. The van der Waals surface area contributed by atoms with Gasteiger partial charge in [-0.25, -0.2) is 4.79 Å². The highest BCUT2D eigenvalue weighted by Gasteiger charge is 2.22. The molecule has 0 spiro atoms. The number of hydrogen-bond acceptors (Lipinski definition) is 3. The quantitative estimate of drug-likeness (QED) is 0.847. The second kappa shape index (κ2) is 6.99. The molecule has 1 aliphatic heterocycles. The normalized spacial score (nSPS) is 15.5. The number of carbonyl (C=O) groups excluding carboxylic acids is 1. The third kappa shape index (κ3) is 4.45. The van der Waals surface area contributed by atoms with Crippen molar-refractivity contribution in [1.29, 1.82) is 0 Å². The molecule has 0 saturated carbocycles. The third-order valence-corrected chi connectivity index (χ3v) is 3.09. The Morgan fingerprint density at radius 2 is 1.89 bits per heavy atom. The van der Waals surface area contributed by atoms with Gasteiger partial charge < -0.3 is 14.6 Å². The summed E-state index contributed by atoms with van der Waals surface area (Å²) in [6, 6.07) is 9.56. The summed E-state index contributed by atoms with van der Waals surface area (Å²) >= 11 is 0. The van der Waals surface area contributed by atoms with Crippen molar-refractivity contribution in [3.63, 3.8) is 0 Å². The van der Waals surface area contributed by atoms with Crippen LogP contribution in [0.3, 0.4) is 0 Å². The van der Waals surface area contributed by atoms with E-state index in [2.05, 4.69) is 0 Å². The Bertz CT molecular complexity index is 430. The number of amides is 1. The van der Waals surface area contributed by atoms with E-state index in [4.69, 9.17) is 4.65 Å². The molecule has 1 heterocycles. The highest BCUT2D eigenvalue weighted by molar-refractivity contribution is 6.52. The lowest BCUT2D eigenvalue weighted by Crippen LogP contribution is -2.38. The molecule has 1 N–H and O–H groups in total. The average Bonchev–Trinajstić information content (AvgIpc) is 2.47. The van der Waals surface area contributed by atoms with Crippen LogP contribution in [0.2, 0.25) is 0 Å². The second-order valence-corrected chi connectivity index (χ2v) is 4.59. The summed E-state index contributed by atoms with van der Waals surface area (Å²) < 4.78 is 4.97. The summed E-state index contributed by atoms with van der Waals surface area (Å²) in [6.45, 7) is 1.43. The topological polar surface area (TPSA) is 49.8 Å². The number of benzene rings is 1. The van der Waals surface area contributed by atoms with Crippen LogP contribution in [0.5, 0.6) is 0 Å². The molecule has 0 unspecified atom stereocenters.